The molecule has 2 heteroatoms. The third-order valence-electron chi connectivity index (χ3n) is 0.750. The summed E-state index contributed by atoms with van der Waals surface area (Å²) in [6, 6.07) is 0. The summed E-state index contributed by atoms with van der Waals surface area (Å²) in [7, 11) is 0. The first-order valence-electron chi connectivity index (χ1n) is 3.10. The Balaban J connectivity index is 0.000000145. The van der Waals surface area contributed by atoms with Gasteiger partial charge in [0.15, 0.2) is 0 Å². The molecule has 0 atom stereocenters. The molecule has 1 rings (SSSR count). The van der Waals surface area contributed by atoms with Gasteiger partial charge in [0.2, 0.25) is 0 Å². The van der Waals surface area contributed by atoms with E-state index in [4.69, 9.17) is 5.73 Å². The van der Waals surface area contributed by atoms with Crippen molar-refractivity contribution >= 4 is 6.21 Å². The quantitative estimate of drug-likeness (QED) is 0.497. The Kier molecular flexibility index (Phi) is 6.32. The van der Waals surface area contributed by atoms with Crippen LogP contribution >= 0.6 is 0 Å². The Hall–Kier alpha value is -0.370. The zero-order chi connectivity index (χ0) is 6.24. The first-order chi connectivity index (χ1) is 3.91. The Morgan fingerprint density at radius 3 is 2.50 bits per heavy atom. The van der Waals surface area contributed by atoms with Gasteiger partial charge in [-0.2, -0.15) is 0 Å². The molecule has 0 radical (unpaired) electrons. The van der Waals surface area contributed by atoms with Crippen LogP contribution in [0.5, 0.6) is 0 Å². The predicted molar refractivity (Wildman–Crippen MR) is 37.3 cm³/mol. The topological polar surface area (TPSA) is 38.4 Å². The molecule has 0 spiro atoms. The zero-order valence-electron chi connectivity index (χ0n) is 5.43. The van der Waals surface area contributed by atoms with Gasteiger partial charge >= 0.3 is 0 Å². The van der Waals surface area contributed by atoms with Crippen LogP contribution in [0.1, 0.15) is 19.8 Å². The van der Waals surface area contributed by atoms with E-state index in [0.29, 0.717) is 0 Å². The highest BCUT2D eigenvalue weighted by molar-refractivity contribution is 5.58. The SMILES string of the molecule is C1=NCCC1.CCN. The standard InChI is InChI=1S/C4H7N.C2H7N/c1-2-4-5-3-1;1-2-3/h3H,1-2,4H2;2-3H2,1H3. The van der Waals surface area contributed by atoms with Crippen LogP contribution in [0.4, 0.5) is 0 Å². The summed E-state index contributed by atoms with van der Waals surface area (Å²) in [6.45, 7) is 3.72. The predicted octanol–water partition coefficient (Wildman–Crippen LogP) is 0.816. The molecule has 1 aliphatic rings. The summed E-state index contributed by atoms with van der Waals surface area (Å²) < 4.78 is 0. The molecule has 0 aromatic heterocycles. The van der Waals surface area contributed by atoms with Crippen molar-refractivity contribution < 1.29 is 0 Å². The van der Waals surface area contributed by atoms with Gasteiger partial charge in [0, 0.05) is 6.54 Å². The summed E-state index contributed by atoms with van der Waals surface area (Å²) in [6.07, 6.45) is 4.47. The van der Waals surface area contributed by atoms with Gasteiger partial charge in [-0.05, 0) is 25.6 Å². The lowest BCUT2D eigenvalue weighted by Crippen LogP contribution is -1.87. The van der Waals surface area contributed by atoms with Crippen molar-refractivity contribution in [1.29, 1.82) is 0 Å². The molecule has 0 fully saturated rings. The monoisotopic (exact) mass is 114 g/mol. The molecule has 0 amide bonds. The molecule has 0 unspecified atom stereocenters. The average molecular weight is 114 g/mol. The molecule has 0 aromatic carbocycles. The van der Waals surface area contributed by atoms with Crippen molar-refractivity contribution in [2.75, 3.05) is 13.1 Å². The smallest absolute Gasteiger partial charge is 0.0388 e. The molecule has 0 aliphatic carbocycles. The summed E-state index contributed by atoms with van der Waals surface area (Å²) in [4.78, 5) is 3.96. The molecule has 1 aliphatic heterocycles. The van der Waals surface area contributed by atoms with Crippen molar-refractivity contribution in [3.05, 3.63) is 0 Å². The van der Waals surface area contributed by atoms with Gasteiger partial charge in [-0.1, -0.05) is 6.92 Å². The third-order valence-corrected chi connectivity index (χ3v) is 0.750. The Bertz CT molecular complexity index is 53.5. The number of hydrogen-bond acceptors (Lipinski definition) is 2. The zero-order valence-corrected chi connectivity index (χ0v) is 5.43. The Morgan fingerprint density at radius 1 is 1.75 bits per heavy atom. The second kappa shape index (κ2) is 6.63. The van der Waals surface area contributed by atoms with E-state index in [1.165, 1.54) is 12.8 Å². The maximum absolute atomic E-state index is 4.85. The fourth-order valence-corrected chi connectivity index (χ4v) is 0.456. The van der Waals surface area contributed by atoms with Gasteiger partial charge in [0.05, 0.1) is 0 Å². The summed E-state index contributed by atoms with van der Waals surface area (Å²) in [5.41, 5.74) is 4.85. The van der Waals surface area contributed by atoms with Crippen LogP contribution in [-0.4, -0.2) is 19.3 Å². The van der Waals surface area contributed by atoms with E-state index in [9.17, 15) is 0 Å². The van der Waals surface area contributed by atoms with Gasteiger partial charge in [-0.15, -0.1) is 0 Å². The van der Waals surface area contributed by atoms with Crippen molar-refractivity contribution in [1.82, 2.24) is 0 Å². The Labute approximate surface area is 50.8 Å². The first-order valence-corrected chi connectivity index (χ1v) is 3.10. The highest BCUT2D eigenvalue weighted by Gasteiger charge is 1.85. The van der Waals surface area contributed by atoms with E-state index in [0.717, 1.165) is 13.1 Å². The van der Waals surface area contributed by atoms with Crippen LogP contribution in [0, 0.1) is 0 Å². The van der Waals surface area contributed by atoms with E-state index in [2.05, 4.69) is 4.99 Å². The average Bonchev–Trinajstić information content (AvgIpc) is 2.17. The van der Waals surface area contributed by atoms with Crippen LogP contribution in [0.25, 0.3) is 0 Å². The van der Waals surface area contributed by atoms with Gasteiger partial charge in [-0.3, -0.25) is 4.99 Å². The van der Waals surface area contributed by atoms with Crippen LogP contribution in [-0.2, 0) is 0 Å². The summed E-state index contributed by atoms with van der Waals surface area (Å²) >= 11 is 0. The number of nitrogens with two attached hydrogens (primary N) is 1. The molecule has 0 saturated carbocycles. The fraction of sp³-hybridized carbons (Fsp3) is 0.833. The lowest BCUT2D eigenvalue weighted by atomic mass is 10.4. The molecule has 1 heterocycles. The second-order valence-electron chi connectivity index (χ2n) is 1.64. The lowest BCUT2D eigenvalue weighted by molar-refractivity contribution is 0.952. The van der Waals surface area contributed by atoms with Crippen molar-refractivity contribution in [3.63, 3.8) is 0 Å². The van der Waals surface area contributed by atoms with Gasteiger partial charge in [0.25, 0.3) is 0 Å². The maximum atomic E-state index is 4.85. The molecule has 48 valence electrons. The van der Waals surface area contributed by atoms with Gasteiger partial charge in [-0.25, -0.2) is 0 Å². The normalized spacial score (nSPS) is 15.2. The molecule has 0 saturated heterocycles. The van der Waals surface area contributed by atoms with Crippen molar-refractivity contribution in [2.45, 2.75) is 19.8 Å². The van der Waals surface area contributed by atoms with Gasteiger partial charge < -0.3 is 5.73 Å². The van der Waals surface area contributed by atoms with Crippen LogP contribution in [0.15, 0.2) is 4.99 Å². The molecule has 2 nitrogen and oxygen atoms in total. The van der Waals surface area contributed by atoms with Crippen molar-refractivity contribution in [3.8, 4) is 0 Å². The highest BCUT2D eigenvalue weighted by atomic mass is 14.7. The van der Waals surface area contributed by atoms with Crippen LogP contribution in [0.3, 0.4) is 0 Å². The molecule has 2 N–H and O–H groups in total. The van der Waals surface area contributed by atoms with E-state index in [1.54, 1.807) is 0 Å². The highest BCUT2D eigenvalue weighted by Crippen LogP contribution is 1.92. The van der Waals surface area contributed by atoms with Crippen LogP contribution < -0.4 is 5.73 Å². The maximum Gasteiger partial charge on any atom is 0.0388 e. The second-order valence-corrected chi connectivity index (χ2v) is 1.64. The largest absolute Gasteiger partial charge is 0.331 e. The van der Waals surface area contributed by atoms with E-state index < -0.39 is 0 Å². The lowest BCUT2D eigenvalue weighted by Gasteiger charge is -1.67. The number of hydrogen-bond donors (Lipinski definition) is 1. The molecular formula is C6H14N2. The van der Waals surface area contributed by atoms with Crippen molar-refractivity contribution in [2.24, 2.45) is 10.7 Å². The third kappa shape index (κ3) is 5.63. The number of rotatable bonds is 0. The van der Waals surface area contributed by atoms with Gasteiger partial charge in [0.1, 0.15) is 0 Å². The first kappa shape index (κ1) is 7.63. The van der Waals surface area contributed by atoms with Crippen LogP contribution in [0.2, 0.25) is 0 Å². The molecular weight excluding hydrogens is 100 g/mol. The van der Waals surface area contributed by atoms with E-state index in [-0.39, 0.29) is 0 Å². The molecule has 0 bridgehead atoms. The van der Waals surface area contributed by atoms with E-state index >= 15 is 0 Å². The summed E-state index contributed by atoms with van der Waals surface area (Å²) in [5, 5.41) is 0. The molecule has 8 heavy (non-hydrogen) atoms. The fourth-order valence-electron chi connectivity index (χ4n) is 0.456. The minimum Gasteiger partial charge on any atom is -0.331 e. The molecule has 0 aromatic rings. The summed E-state index contributed by atoms with van der Waals surface area (Å²) in [5.74, 6) is 0. The Morgan fingerprint density at radius 2 is 2.38 bits per heavy atom. The minimum absolute atomic E-state index is 0.750. The minimum atomic E-state index is 0.750. The number of aliphatic imine (C=N–C) groups is 1. The number of nitrogens with zero attached hydrogens (tertiary/aromatic N) is 1. The van der Waals surface area contributed by atoms with E-state index in [1.807, 2.05) is 13.1 Å².